The molecular weight excluding hydrogens is 430 g/mol. The molecule has 2 aromatic carbocycles. The van der Waals surface area contributed by atoms with Crippen molar-refractivity contribution in [2.75, 3.05) is 25.5 Å². The molecule has 1 aliphatic rings. The number of nitrogens with one attached hydrogen (secondary N) is 1. The number of amides is 1. The number of ether oxygens (including phenoxy) is 2. The van der Waals surface area contributed by atoms with E-state index < -0.39 is 0 Å². The van der Waals surface area contributed by atoms with Crippen LogP contribution in [0.25, 0.3) is 21.8 Å². The van der Waals surface area contributed by atoms with E-state index in [4.69, 9.17) is 9.47 Å². The van der Waals surface area contributed by atoms with E-state index in [1.807, 2.05) is 42.5 Å². The van der Waals surface area contributed by atoms with Crippen molar-refractivity contribution in [2.24, 2.45) is 0 Å². The van der Waals surface area contributed by atoms with Gasteiger partial charge in [0.05, 0.1) is 23.8 Å². The fourth-order valence-electron chi connectivity index (χ4n) is 4.25. The number of anilines is 2. The average molecular weight is 456 g/mol. The lowest BCUT2D eigenvalue weighted by molar-refractivity contribution is -0.127. The second kappa shape index (κ2) is 9.35. The maximum atomic E-state index is 11.9. The van der Waals surface area contributed by atoms with Gasteiger partial charge in [0, 0.05) is 49.0 Å². The molecular formula is C26H25N5O3. The molecule has 2 aromatic heterocycles. The van der Waals surface area contributed by atoms with Crippen molar-refractivity contribution in [2.45, 2.75) is 18.9 Å². The van der Waals surface area contributed by atoms with E-state index in [0.717, 1.165) is 40.3 Å². The highest BCUT2D eigenvalue weighted by Crippen LogP contribution is 2.36. The van der Waals surface area contributed by atoms with E-state index in [1.165, 1.54) is 12.4 Å². The Labute approximate surface area is 197 Å². The molecule has 0 atom stereocenters. The number of methoxy groups -OCH3 is 1. The van der Waals surface area contributed by atoms with Crippen LogP contribution in [-0.4, -0.2) is 52.1 Å². The molecule has 0 radical (unpaired) electrons. The van der Waals surface area contributed by atoms with Gasteiger partial charge in [0.2, 0.25) is 5.91 Å². The highest BCUT2D eigenvalue weighted by molar-refractivity contribution is 5.97. The number of rotatable bonds is 6. The molecule has 5 rings (SSSR count). The fraction of sp³-hybridized carbons (Fsp3) is 0.231. The lowest BCUT2D eigenvalue weighted by Gasteiger charge is -2.31. The van der Waals surface area contributed by atoms with Crippen LogP contribution in [-0.2, 0) is 4.79 Å². The SMILES string of the molecule is C=CC(=O)N1CCC(Oc2cc3c(Nc4cccc5cccnc45)ncnc3cc2OC)CC1. The summed E-state index contributed by atoms with van der Waals surface area (Å²) in [6, 6.07) is 13.7. The molecule has 172 valence electrons. The predicted octanol–water partition coefficient (Wildman–Crippen LogP) is 4.49. The molecule has 8 nitrogen and oxygen atoms in total. The topological polar surface area (TPSA) is 89.5 Å². The molecule has 1 N–H and O–H groups in total. The molecule has 0 bridgehead atoms. The normalized spacial score (nSPS) is 14.2. The molecule has 1 aliphatic heterocycles. The summed E-state index contributed by atoms with van der Waals surface area (Å²) in [5.41, 5.74) is 2.46. The first-order chi connectivity index (χ1) is 16.7. The number of fused-ring (bicyclic) bond motifs is 2. The number of nitrogens with zero attached hydrogens (tertiary/aromatic N) is 4. The van der Waals surface area contributed by atoms with Gasteiger partial charge >= 0.3 is 0 Å². The minimum atomic E-state index is -0.0440. The molecule has 1 fully saturated rings. The number of carbonyl (C=O) groups is 1. The average Bonchev–Trinajstić information content (AvgIpc) is 2.89. The number of para-hydroxylation sites is 1. The molecule has 1 amide bonds. The van der Waals surface area contributed by atoms with Crippen LogP contribution in [0.4, 0.5) is 11.5 Å². The molecule has 3 heterocycles. The summed E-state index contributed by atoms with van der Waals surface area (Å²) in [5, 5.41) is 5.27. The standard InChI is InChI=1S/C26H25N5O3/c1-3-24(32)31-12-9-18(10-13-31)34-23-14-19-21(15-22(23)33-2)28-16-29-26(19)30-20-8-4-6-17-7-5-11-27-25(17)20/h3-8,11,14-16,18H,1,9-10,12-13H2,2H3,(H,28,29,30). The third-order valence-electron chi connectivity index (χ3n) is 6.03. The van der Waals surface area contributed by atoms with E-state index in [1.54, 1.807) is 18.2 Å². The summed E-state index contributed by atoms with van der Waals surface area (Å²) < 4.78 is 11.9. The van der Waals surface area contributed by atoms with Gasteiger partial charge in [0.1, 0.15) is 18.2 Å². The van der Waals surface area contributed by atoms with Gasteiger partial charge in [-0.25, -0.2) is 9.97 Å². The summed E-state index contributed by atoms with van der Waals surface area (Å²) in [6.07, 6.45) is 6.10. The molecule has 34 heavy (non-hydrogen) atoms. The van der Waals surface area contributed by atoms with Crippen molar-refractivity contribution in [1.29, 1.82) is 0 Å². The van der Waals surface area contributed by atoms with Crippen molar-refractivity contribution in [3.63, 3.8) is 0 Å². The van der Waals surface area contributed by atoms with Crippen LogP contribution in [0.1, 0.15) is 12.8 Å². The summed E-state index contributed by atoms with van der Waals surface area (Å²) in [7, 11) is 1.61. The third kappa shape index (κ3) is 4.22. The molecule has 1 saturated heterocycles. The predicted molar refractivity (Wildman–Crippen MR) is 132 cm³/mol. The second-order valence-corrected chi connectivity index (χ2v) is 8.09. The second-order valence-electron chi connectivity index (χ2n) is 8.09. The molecule has 0 spiro atoms. The van der Waals surface area contributed by atoms with Gasteiger partial charge in [0.25, 0.3) is 0 Å². The lowest BCUT2D eigenvalue weighted by atomic mass is 10.1. The van der Waals surface area contributed by atoms with Gasteiger partial charge < -0.3 is 19.7 Å². The van der Waals surface area contributed by atoms with E-state index in [0.29, 0.717) is 30.4 Å². The monoisotopic (exact) mass is 455 g/mol. The van der Waals surface area contributed by atoms with Crippen LogP contribution in [0.5, 0.6) is 11.5 Å². The number of carbonyl (C=O) groups excluding carboxylic acids is 1. The van der Waals surface area contributed by atoms with Gasteiger partial charge in [-0.3, -0.25) is 9.78 Å². The Morgan fingerprint density at radius 2 is 1.94 bits per heavy atom. The largest absolute Gasteiger partial charge is 0.493 e. The summed E-state index contributed by atoms with van der Waals surface area (Å²) in [6.45, 7) is 4.84. The van der Waals surface area contributed by atoms with Crippen LogP contribution in [0.3, 0.4) is 0 Å². The van der Waals surface area contributed by atoms with Crippen molar-refractivity contribution < 1.29 is 14.3 Å². The number of hydrogen-bond donors (Lipinski definition) is 1. The summed E-state index contributed by atoms with van der Waals surface area (Å²) in [4.78, 5) is 27.1. The van der Waals surface area contributed by atoms with E-state index in [-0.39, 0.29) is 12.0 Å². The van der Waals surface area contributed by atoms with E-state index >= 15 is 0 Å². The Morgan fingerprint density at radius 3 is 2.74 bits per heavy atom. The van der Waals surface area contributed by atoms with Crippen LogP contribution >= 0.6 is 0 Å². The van der Waals surface area contributed by atoms with Crippen LogP contribution in [0.15, 0.2) is 67.6 Å². The fourth-order valence-corrected chi connectivity index (χ4v) is 4.25. The first-order valence-electron chi connectivity index (χ1n) is 11.2. The maximum Gasteiger partial charge on any atom is 0.245 e. The minimum Gasteiger partial charge on any atom is -0.493 e. The Hall–Kier alpha value is -4.20. The summed E-state index contributed by atoms with van der Waals surface area (Å²) >= 11 is 0. The molecule has 4 aromatic rings. The number of pyridine rings is 1. The number of aromatic nitrogens is 3. The van der Waals surface area contributed by atoms with Gasteiger partial charge in [-0.05, 0) is 24.3 Å². The molecule has 0 unspecified atom stereocenters. The zero-order valence-electron chi connectivity index (χ0n) is 18.9. The highest BCUT2D eigenvalue weighted by atomic mass is 16.5. The van der Waals surface area contributed by atoms with Crippen molar-refractivity contribution in [3.8, 4) is 11.5 Å². The molecule has 8 heteroatoms. The van der Waals surface area contributed by atoms with Crippen molar-refractivity contribution in [3.05, 3.63) is 67.6 Å². The minimum absolute atomic E-state index is 0.0245. The van der Waals surface area contributed by atoms with Gasteiger partial charge in [-0.15, -0.1) is 0 Å². The first kappa shape index (κ1) is 21.6. The molecule has 0 saturated carbocycles. The van der Waals surface area contributed by atoms with E-state index in [2.05, 4.69) is 26.8 Å². The number of hydrogen-bond acceptors (Lipinski definition) is 7. The van der Waals surface area contributed by atoms with Crippen molar-refractivity contribution in [1.82, 2.24) is 19.9 Å². The first-order valence-corrected chi connectivity index (χ1v) is 11.2. The number of piperidine rings is 1. The van der Waals surface area contributed by atoms with Gasteiger partial charge in [0.15, 0.2) is 11.5 Å². The number of likely N-dealkylation sites (tertiary alicyclic amines) is 1. The van der Waals surface area contributed by atoms with Crippen LogP contribution < -0.4 is 14.8 Å². The van der Waals surface area contributed by atoms with Crippen LogP contribution in [0, 0.1) is 0 Å². The highest BCUT2D eigenvalue weighted by Gasteiger charge is 2.24. The molecule has 0 aliphatic carbocycles. The Balaban J connectivity index is 1.45. The Kier molecular flexibility index (Phi) is 5.95. The van der Waals surface area contributed by atoms with E-state index in [9.17, 15) is 4.79 Å². The summed E-state index contributed by atoms with van der Waals surface area (Å²) in [5.74, 6) is 1.84. The van der Waals surface area contributed by atoms with Gasteiger partial charge in [-0.1, -0.05) is 24.8 Å². The van der Waals surface area contributed by atoms with Crippen LogP contribution in [0.2, 0.25) is 0 Å². The Morgan fingerprint density at radius 1 is 1.12 bits per heavy atom. The number of benzene rings is 2. The smallest absolute Gasteiger partial charge is 0.245 e. The lowest BCUT2D eigenvalue weighted by Crippen LogP contribution is -2.41. The maximum absolute atomic E-state index is 11.9. The third-order valence-corrected chi connectivity index (χ3v) is 6.03. The quantitative estimate of drug-likeness (QED) is 0.429. The zero-order chi connectivity index (χ0) is 23.5. The Bertz CT molecular complexity index is 1360. The van der Waals surface area contributed by atoms with Gasteiger partial charge in [-0.2, -0.15) is 0 Å². The zero-order valence-corrected chi connectivity index (χ0v) is 18.9. The van der Waals surface area contributed by atoms with Crippen molar-refractivity contribution >= 4 is 39.2 Å².